The summed E-state index contributed by atoms with van der Waals surface area (Å²) in [4.78, 5) is 17.2. The van der Waals surface area contributed by atoms with Gasteiger partial charge in [0.05, 0.1) is 5.69 Å². The van der Waals surface area contributed by atoms with E-state index in [0.29, 0.717) is 22.8 Å². The smallest absolute Gasteiger partial charge is 0.339 e. The molecular weight excluding hydrogens is 246 g/mol. The number of hydrogen-bond donors (Lipinski definition) is 1. The van der Waals surface area contributed by atoms with Crippen LogP contribution >= 0.6 is 0 Å². The van der Waals surface area contributed by atoms with Gasteiger partial charge in [-0.2, -0.15) is 0 Å². The lowest BCUT2D eigenvalue weighted by atomic mass is 10.0. The molecule has 0 aromatic carbocycles. The first-order valence-electron chi connectivity index (χ1n) is 5.75. The van der Waals surface area contributed by atoms with E-state index in [1.54, 1.807) is 38.2 Å². The van der Waals surface area contributed by atoms with Crippen LogP contribution in [-0.4, -0.2) is 35.3 Å². The summed E-state index contributed by atoms with van der Waals surface area (Å²) < 4.78 is 5.09. The van der Waals surface area contributed by atoms with Crippen LogP contribution < -0.4 is 4.90 Å². The molecule has 0 aliphatic heterocycles. The number of rotatable bonds is 3. The topological polar surface area (TPSA) is 79.5 Å². The highest BCUT2D eigenvalue weighted by molar-refractivity contribution is 5.95. The standard InChI is InChI=1S/C13H15N3O3/c1-7-11(8(2)19-15-7)9-5-10(13(17)18)12(14-6-9)16(3)4/h5-6H,1-4H3,(H,17,18). The lowest BCUT2D eigenvalue weighted by Gasteiger charge is -2.14. The number of carboxylic acid groups (broad SMARTS) is 1. The Balaban J connectivity index is 2.62. The van der Waals surface area contributed by atoms with Crippen molar-refractivity contribution in [3.8, 4) is 11.1 Å². The van der Waals surface area contributed by atoms with Crippen LogP contribution in [0.25, 0.3) is 11.1 Å². The number of carboxylic acids is 1. The summed E-state index contributed by atoms with van der Waals surface area (Å²) in [6.07, 6.45) is 1.63. The average molecular weight is 261 g/mol. The third-order valence-corrected chi connectivity index (χ3v) is 2.84. The molecule has 2 rings (SSSR count). The second-order valence-corrected chi connectivity index (χ2v) is 4.49. The summed E-state index contributed by atoms with van der Waals surface area (Å²) in [5, 5.41) is 13.1. The minimum absolute atomic E-state index is 0.155. The van der Waals surface area contributed by atoms with E-state index in [9.17, 15) is 9.90 Å². The van der Waals surface area contributed by atoms with Crippen LogP contribution in [0.4, 0.5) is 5.82 Å². The molecule has 0 aliphatic carbocycles. The van der Waals surface area contributed by atoms with E-state index in [4.69, 9.17) is 4.52 Å². The molecule has 0 saturated carbocycles. The summed E-state index contributed by atoms with van der Waals surface area (Å²) in [5.74, 6) is 0.0565. The first kappa shape index (κ1) is 13.1. The van der Waals surface area contributed by atoms with Gasteiger partial charge in [-0.25, -0.2) is 9.78 Å². The largest absolute Gasteiger partial charge is 0.478 e. The zero-order valence-electron chi connectivity index (χ0n) is 11.3. The Morgan fingerprint density at radius 3 is 2.53 bits per heavy atom. The van der Waals surface area contributed by atoms with Crippen molar-refractivity contribution in [2.24, 2.45) is 0 Å². The van der Waals surface area contributed by atoms with Crippen molar-refractivity contribution >= 4 is 11.8 Å². The van der Waals surface area contributed by atoms with Crippen molar-refractivity contribution in [3.05, 3.63) is 29.3 Å². The van der Waals surface area contributed by atoms with E-state index in [1.807, 2.05) is 6.92 Å². The minimum atomic E-state index is -1.01. The predicted octanol–water partition coefficient (Wildman–Crippen LogP) is 2.12. The van der Waals surface area contributed by atoms with Gasteiger partial charge in [-0.1, -0.05) is 5.16 Å². The summed E-state index contributed by atoms with van der Waals surface area (Å²) in [5.41, 5.74) is 2.36. The van der Waals surface area contributed by atoms with E-state index in [1.165, 1.54) is 0 Å². The summed E-state index contributed by atoms with van der Waals surface area (Å²) in [7, 11) is 3.51. The third kappa shape index (κ3) is 2.29. The Bertz CT molecular complexity index is 613. The highest BCUT2D eigenvalue weighted by Crippen LogP contribution is 2.29. The van der Waals surface area contributed by atoms with Crippen molar-refractivity contribution in [2.75, 3.05) is 19.0 Å². The molecule has 6 heteroatoms. The Kier molecular flexibility index (Phi) is 3.25. The summed E-state index contributed by atoms with van der Waals surface area (Å²) >= 11 is 0. The van der Waals surface area contributed by atoms with Gasteiger partial charge in [-0.3, -0.25) is 0 Å². The lowest BCUT2D eigenvalue weighted by molar-refractivity contribution is 0.0697. The van der Waals surface area contributed by atoms with Crippen LogP contribution in [0.3, 0.4) is 0 Å². The first-order chi connectivity index (χ1) is 8.91. The molecular formula is C13H15N3O3. The lowest BCUT2D eigenvalue weighted by Crippen LogP contribution is -2.15. The van der Waals surface area contributed by atoms with Gasteiger partial charge in [0.25, 0.3) is 0 Å². The van der Waals surface area contributed by atoms with Gasteiger partial charge >= 0.3 is 5.97 Å². The molecule has 19 heavy (non-hydrogen) atoms. The van der Waals surface area contributed by atoms with Crippen molar-refractivity contribution in [1.29, 1.82) is 0 Å². The number of aryl methyl sites for hydroxylation is 2. The quantitative estimate of drug-likeness (QED) is 0.911. The van der Waals surface area contributed by atoms with Gasteiger partial charge in [0, 0.05) is 31.4 Å². The Morgan fingerprint density at radius 2 is 2.05 bits per heavy atom. The zero-order chi connectivity index (χ0) is 14.2. The fourth-order valence-electron chi connectivity index (χ4n) is 2.00. The molecule has 0 unspecified atom stereocenters. The molecule has 2 aromatic rings. The summed E-state index contributed by atoms with van der Waals surface area (Å²) in [6, 6.07) is 1.59. The van der Waals surface area contributed by atoms with Crippen LogP contribution in [0.2, 0.25) is 0 Å². The number of anilines is 1. The van der Waals surface area contributed by atoms with Gasteiger partial charge in [-0.15, -0.1) is 0 Å². The molecule has 0 radical (unpaired) electrons. The van der Waals surface area contributed by atoms with Crippen molar-refractivity contribution in [3.63, 3.8) is 0 Å². The van der Waals surface area contributed by atoms with E-state index in [2.05, 4.69) is 10.1 Å². The normalized spacial score (nSPS) is 10.5. The van der Waals surface area contributed by atoms with E-state index >= 15 is 0 Å². The number of aromatic nitrogens is 2. The molecule has 0 amide bonds. The van der Waals surface area contributed by atoms with Gasteiger partial charge in [0.1, 0.15) is 17.1 Å². The molecule has 0 aliphatic rings. The third-order valence-electron chi connectivity index (χ3n) is 2.84. The van der Waals surface area contributed by atoms with Crippen LogP contribution in [-0.2, 0) is 0 Å². The van der Waals surface area contributed by atoms with Crippen molar-refractivity contribution in [1.82, 2.24) is 10.1 Å². The maximum atomic E-state index is 11.3. The molecule has 2 heterocycles. The number of hydrogen-bond acceptors (Lipinski definition) is 5. The van der Waals surface area contributed by atoms with Crippen molar-refractivity contribution < 1.29 is 14.4 Å². The first-order valence-corrected chi connectivity index (χ1v) is 5.75. The van der Waals surface area contributed by atoms with Crippen LogP contribution in [0.1, 0.15) is 21.8 Å². The molecule has 1 N–H and O–H groups in total. The van der Waals surface area contributed by atoms with E-state index < -0.39 is 5.97 Å². The Labute approximate surface area is 110 Å². The SMILES string of the molecule is Cc1noc(C)c1-c1cnc(N(C)C)c(C(=O)O)c1. The van der Waals surface area contributed by atoms with Crippen LogP contribution in [0, 0.1) is 13.8 Å². The van der Waals surface area contributed by atoms with Crippen LogP contribution in [0.15, 0.2) is 16.8 Å². The maximum Gasteiger partial charge on any atom is 0.339 e. The maximum absolute atomic E-state index is 11.3. The Hall–Kier alpha value is -2.37. The monoisotopic (exact) mass is 261 g/mol. The van der Waals surface area contributed by atoms with Gasteiger partial charge in [-0.05, 0) is 19.9 Å². The van der Waals surface area contributed by atoms with E-state index in [0.717, 1.165) is 5.56 Å². The molecule has 0 fully saturated rings. The number of nitrogens with zero attached hydrogens (tertiary/aromatic N) is 3. The molecule has 0 bridgehead atoms. The molecule has 0 saturated heterocycles. The average Bonchev–Trinajstić information content (AvgIpc) is 2.68. The minimum Gasteiger partial charge on any atom is -0.478 e. The molecule has 6 nitrogen and oxygen atoms in total. The highest BCUT2D eigenvalue weighted by Gasteiger charge is 2.18. The Morgan fingerprint density at radius 1 is 1.37 bits per heavy atom. The second-order valence-electron chi connectivity index (χ2n) is 4.49. The number of pyridine rings is 1. The van der Waals surface area contributed by atoms with Crippen molar-refractivity contribution in [2.45, 2.75) is 13.8 Å². The predicted molar refractivity (Wildman–Crippen MR) is 70.5 cm³/mol. The van der Waals surface area contributed by atoms with Gasteiger partial charge in [0.15, 0.2) is 0 Å². The van der Waals surface area contributed by atoms with E-state index in [-0.39, 0.29) is 5.56 Å². The highest BCUT2D eigenvalue weighted by atomic mass is 16.5. The summed E-state index contributed by atoms with van der Waals surface area (Å²) in [6.45, 7) is 3.60. The number of carbonyl (C=O) groups is 1. The number of aromatic carboxylic acids is 1. The molecule has 2 aromatic heterocycles. The fourth-order valence-corrected chi connectivity index (χ4v) is 2.00. The van der Waals surface area contributed by atoms with Crippen LogP contribution in [0.5, 0.6) is 0 Å². The van der Waals surface area contributed by atoms with Gasteiger partial charge < -0.3 is 14.5 Å². The fraction of sp³-hybridized carbons (Fsp3) is 0.308. The molecule has 0 atom stereocenters. The molecule has 0 spiro atoms. The second kappa shape index (κ2) is 4.72. The van der Waals surface area contributed by atoms with Gasteiger partial charge in [0.2, 0.25) is 0 Å². The molecule has 100 valence electrons. The zero-order valence-corrected chi connectivity index (χ0v) is 11.3.